The molecule has 0 N–H and O–H groups in total. The van der Waals surface area contributed by atoms with Crippen molar-refractivity contribution in [2.24, 2.45) is 0 Å². The van der Waals surface area contributed by atoms with Crippen molar-refractivity contribution < 1.29 is 14.3 Å². The molecule has 0 aromatic heterocycles. The molecular formula is C10H9BrO3. The van der Waals surface area contributed by atoms with E-state index in [-0.39, 0.29) is 11.9 Å². The zero-order valence-corrected chi connectivity index (χ0v) is 9.21. The number of carbonyl (C=O) groups is 1. The lowest BCUT2D eigenvalue weighted by molar-refractivity contribution is -0.142. The normalized spacial score (nSPS) is 18.6. The maximum absolute atomic E-state index is 11.4. The van der Waals surface area contributed by atoms with Gasteiger partial charge in [0.15, 0.2) is 0 Å². The van der Waals surface area contributed by atoms with Crippen molar-refractivity contribution in [3.8, 4) is 5.75 Å². The standard InChI is InChI=1S/C10H9BrO3/c1-13-10(12)6-5-14-8-4-2-3-7(11)9(6)8/h2-4,6H,5H2,1H3. The molecule has 0 aliphatic carbocycles. The maximum atomic E-state index is 11.4. The molecule has 4 heteroatoms. The molecular weight excluding hydrogens is 248 g/mol. The highest BCUT2D eigenvalue weighted by Crippen LogP contribution is 2.39. The number of carbonyl (C=O) groups excluding carboxylic acids is 1. The van der Waals surface area contributed by atoms with E-state index in [0.717, 1.165) is 15.8 Å². The van der Waals surface area contributed by atoms with E-state index >= 15 is 0 Å². The zero-order chi connectivity index (χ0) is 10.1. The van der Waals surface area contributed by atoms with Crippen LogP contribution in [0.5, 0.6) is 5.75 Å². The van der Waals surface area contributed by atoms with E-state index in [1.54, 1.807) is 0 Å². The predicted octanol–water partition coefficient (Wildman–Crippen LogP) is 2.10. The second kappa shape index (κ2) is 3.61. The van der Waals surface area contributed by atoms with Gasteiger partial charge in [-0.15, -0.1) is 0 Å². The highest BCUT2D eigenvalue weighted by Gasteiger charge is 2.32. The van der Waals surface area contributed by atoms with Gasteiger partial charge < -0.3 is 9.47 Å². The van der Waals surface area contributed by atoms with Gasteiger partial charge in [-0.1, -0.05) is 22.0 Å². The summed E-state index contributed by atoms with van der Waals surface area (Å²) in [5.74, 6) is 0.205. The van der Waals surface area contributed by atoms with Crippen molar-refractivity contribution in [2.45, 2.75) is 5.92 Å². The Labute approximate surface area is 90.1 Å². The summed E-state index contributed by atoms with van der Waals surface area (Å²) in [6.45, 7) is 0.366. The second-order valence-electron chi connectivity index (χ2n) is 3.04. The first-order valence-corrected chi connectivity index (χ1v) is 5.02. The van der Waals surface area contributed by atoms with Gasteiger partial charge in [0.25, 0.3) is 0 Å². The molecule has 1 aromatic rings. The Morgan fingerprint density at radius 1 is 1.64 bits per heavy atom. The summed E-state index contributed by atoms with van der Waals surface area (Å²) in [4.78, 5) is 11.4. The van der Waals surface area contributed by atoms with E-state index in [0.29, 0.717) is 6.61 Å². The van der Waals surface area contributed by atoms with Crippen LogP contribution in [-0.4, -0.2) is 19.7 Å². The topological polar surface area (TPSA) is 35.5 Å². The quantitative estimate of drug-likeness (QED) is 0.723. The monoisotopic (exact) mass is 256 g/mol. The molecule has 1 aromatic carbocycles. The van der Waals surface area contributed by atoms with Crippen molar-refractivity contribution in [3.63, 3.8) is 0 Å². The number of fused-ring (bicyclic) bond motifs is 1. The van der Waals surface area contributed by atoms with E-state index in [4.69, 9.17) is 9.47 Å². The van der Waals surface area contributed by atoms with Crippen LogP contribution in [0.2, 0.25) is 0 Å². The van der Waals surface area contributed by atoms with E-state index in [1.165, 1.54) is 7.11 Å². The molecule has 1 heterocycles. The molecule has 0 spiro atoms. The largest absolute Gasteiger partial charge is 0.492 e. The number of hydrogen-bond acceptors (Lipinski definition) is 3. The first kappa shape index (κ1) is 9.52. The van der Waals surface area contributed by atoms with Gasteiger partial charge in [-0.05, 0) is 12.1 Å². The lowest BCUT2D eigenvalue weighted by Gasteiger charge is -2.06. The molecule has 0 bridgehead atoms. The Hall–Kier alpha value is -1.03. The third-order valence-electron chi connectivity index (χ3n) is 2.25. The molecule has 74 valence electrons. The summed E-state index contributed by atoms with van der Waals surface area (Å²) < 4.78 is 11.0. The second-order valence-corrected chi connectivity index (χ2v) is 3.89. The lowest BCUT2D eigenvalue weighted by Crippen LogP contribution is -2.15. The molecule has 2 rings (SSSR count). The minimum absolute atomic E-state index is 0.254. The van der Waals surface area contributed by atoms with Crippen LogP contribution in [0.4, 0.5) is 0 Å². The first-order chi connectivity index (χ1) is 6.74. The number of hydrogen-bond donors (Lipinski definition) is 0. The Balaban J connectivity index is 2.43. The Morgan fingerprint density at radius 3 is 3.14 bits per heavy atom. The SMILES string of the molecule is COC(=O)C1COc2cccc(Br)c21. The van der Waals surface area contributed by atoms with Crippen molar-refractivity contribution in [3.05, 3.63) is 28.2 Å². The van der Waals surface area contributed by atoms with Crippen molar-refractivity contribution >= 4 is 21.9 Å². The molecule has 1 aliphatic heterocycles. The molecule has 1 unspecified atom stereocenters. The molecule has 1 atom stereocenters. The summed E-state index contributed by atoms with van der Waals surface area (Å²) >= 11 is 3.40. The number of rotatable bonds is 1. The third kappa shape index (κ3) is 1.39. The number of benzene rings is 1. The fraction of sp³-hybridized carbons (Fsp3) is 0.300. The van der Waals surface area contributed by atoms with E-state index in [9.17, 15) is 4.79 Å². The summed E-state index contributed by atoms with van der Waals surface area (Å²) in [5.41, 5.74) is 0.888. The Kier molecular flexibility index (Phi) is 2.46. The van der Waals surface area contributed by atoms with Crippen LogP contribution in [0, 0.1) is 0 Å². The van der Waals surface area contributed by atoms with E-state index in [1.807, 2.05) is 18.2 Å². The van der Waals surface area contributed by atoms with Crippen LogP contribution in [0.25, 0.3) is 0 Å². The van der Waals surface area contributed by atoms with E-state index in [2.05, 4.69) is 15.9 Å². The minimum atomic E-state index is -0.300. The predicted molar refractivity (Wildman–Crippen MR) is 54.4 cm³/mol. The first-order valence-electron chi connectivity index (χ1n) is 4.23. The average Bonchev–Trinajstić information content (AvgIpc) is 2.62. The minimum Gasteiger partial charge on any atom is -0.492 e. The highest BCUT2D eigenvalue weighted by atomic mass is 79.9. The molecule has 1 aliphatic rings. The van der Waals surface area contributed by atoms with Gasteiger partial charge in [0.05, 0.1) is 7.11 Å². The smallest absolute Gasteiger partial charge is 0.316 e. The fourth-order valence-electron chi connectivity index (χ4n) is 1.57. The summed E-state index contributed by atoms with van der Waals surface area (Å²) in [6.07, 6.45) is 0. The Morgan fingerprint density at radius 2 is 2.43 bits per heavy atom. The molecule has 0 fully saturated rings. The molecule has 0 saturated carbocycles. The summed E-state index contributed by atoms with van der Waals surface area (Å²) in [5, 5.41) is 0. The van der Waals surface area contributed by atoms with Gasteiger partial charge in [-0.3, -0.25) is 4.79 Å². The number of halogens is 1. The summed E-state index contributed by atoms with van der Waals surface area (Å²) in [7, 11) is 1.39. The van der Waals surface area contributed by atoms with Crippen LogP contribution in [-0.2, 0) is 9.53 Å². The molecule has 0 amide bonds. The van der Waals surface area contributed by atoms with Crippen LogP contribution in [0.1, 0.15) is 11.5 Å². The number of esters is 1. The third-order valence-corrected chi connectivity index (χ3v) is 2.94. The van der Waals surface area contributed by atoms with Gasteiger partial charge in [0, 0.05) is 10.0 Å². The lowest BCUT2D eigenvalue weighted by atomic mass is 10.0. The fourth-order valence-corrected chi connectivity index (χ4v) is 2.19. The van der Waals surface area contributed by atoms with Crippen molar-refractivity contribution in [2.75, 3.05) is 13.7 Å². The van der Waals surface area contributed by atoms with Gasteiger partial charge in [0.1, 0.15) is 18.3 Å². The van der Waals surface area contributed by atoms with Gasteiger partial charge >= 0.3 is 5.97 Å². The molecule has 0 radical (unpaired) electrons. The highest BCUT2D eigenvalue weighted by molar-refractivity contribution is 9.10. The van der Waals surface area contributed by atoms with Crippen LogP contribution < -0.4 is 4.74 Å². The van der Waals surface area contributed by atoms with Gasteiger partial charge in [-0.25, -0.2) is 0 Å². The maximum Gasteiger partial charge on any atom is 0.316 e. The summed E-state index contributed by atoms with van der Waals surface area (Å²) in [6, 6.07) is 5.62. The van der Waals surface area contributed by atoms with Crippen LogP contribution >= 0.6 is 15.9 Å². The molecule has 0 saturated heterocycles. The van der Waals surface area contributed by atoms with Gasteiger partial charge in [0.2, 0.25) is 0 Å². The van der Waals surface area contributed by atoms with E-state index < -0.39 is 0 Å². The molecule has 14 heavy (non-hydrogen) atoms. The van der Waals surface area contributed by atoms with Crippen LogP contribution in [0.3, 0.4) is 0 Å². The Bertz CT molecular complexity index is 376. The van der Waals surface area contributed by atoms with Gasteiger partial charge in [-0.2, -0.15) is 0 Å². The number of methoxy groups -OCH3 is 1. The zero-order valence-electron chi connectivity index (χ0n) is 7.62. The molecule has 3 nitrogen and oxygen atoms in total. The van der Waals surface area contributed by atoms with Crippen molar-refractivity contribution in [1.82, 2.24) is 0 Å². The van der Waals surface area contributed by atoms with Crippen molar-refractivity contribution in [1.29, 1.82) is 0 Å². The van der Waals surface area contributed by atoms with Crippen LogP contribution in [0.15, 0.2) is 22.7 Å². The number of ether oxygens (including phenoxy) is 2. The average molecular weight is 257 g/mol.